The van der Waals surface area contributed by atoms with Gasteiger partial charge >= 0.3 is 5.97 Å². The Balaban J connectivity index is 1.62. The van der Waals surface area contributed by atoms with Crippen molar-refractivity contribution in [2.24, 2.45) is 0 Å². The maximum atomic E-state index is 12.7. The van der Waals surface area contributed by atoms with Crippen molar-refractivity contribution in [2.75, 3.05) is 18.5 Å². The molecular weight excluding hydrogens is 376 g/mol. The number of rotatable bonds is 4. The number of aromatic nitrogens is 4. The van der Waals surface area contributed by atoms with E-state index in [2.05, 4.69) is 25.6 Å². The Kier molecular flexibility index (Phi) is 4.75. The first-order valence-corrected chi connectivity index (χ1v) is 9.31. The maximum Gasteiger partial charge on any atom is 0.374 e. The van der Waals surface area contributed by atoms with Crippen molar-refractivity contribution in [3.05, 3.63) is 41.1 Å². The number of amides is 2. The molecule has 0 saturated carbocycles. The number of aryl methyl sites for hydroxylation is 2. The summed E-state index contributed by atoms with van der Waals surface area (Å²) in [4.78, 5) is 48.0. The fourth-order valence-electron chi connectivity index (χ4n) is 3.25. The van der Waals surface area contributed by atoms with Crippen molar-refractivity contribution in [1.82, 2.24) is 24.8 Å². The Labute approximate surface area is 165 Å². The number of ether oxygens (including phenoxy) is 1. The first kappa shape index (κ1) is 18.7. The number of pyridine rings is 1. The van der Waals surface area contributed by atoms with Crippen LogP contribution in [-0.2, 0) is 11.3 Å². The molecule has 29 heavy (non-hydrogen) atoms. The highest BCUT2D eigenvalue weighted by atomic mass is 16.5. The molecule has 10 nitrogen and oxygen atoms in total. The van der Waals surface area contributed by atoms with E-state index in [4.69, 9.17) is 4.74 Å². The summed E-state index contributed by atoms with van der Waals surface area (Å²) in [5.74, 6) is -0.959. The summed E-state index contributed by atoms with van der Waals surface area (Å²) in [7, 11) is 0. The lowest BCUT2D eigenvalue weighted by Crippen LogP contribution is -2.22. The topological polar surface area (TPSA) is 131 Å². The van der Waals surface area contributed by atoms with Crippen LogP contribution in [0.3, 0.4) is 0 Å². The molecule has 0 aromatic carbocycles. The first-order chi connectivity index (χ1) is 14.0. The van der Waals surface area contributed by atoms with Gasteiger partial charge in [-0.25, -0.2) is 14.8 Å². The summed E-state index contributed by atoms with van der Waals surface area (Å²) in [5, 5.41) is 6.29. The van der Waals surface area contributed by atoms with Crippen LogP contribution >= 0.6 is 0 Å². The van der Waals surface area contributed by atoms with Crippen LogP contribution in [0, 0.1) is 6.92 Å². The van der Waals surface area contributed by atoms with Gasteiger partial charge in [0.15, 0.2) is 5.82 Å². The number of aromatic amines is 1. The number of anilines is 1. The van der Waals surface area contributed by atoms with Crippen molar-refractivity contribution in [2.45, 2.75) is 26.8 Å². The number of carbonyl (C=O) groups is 3. The zero-order chi connectivity index (χ0) is 20.5. The Morgan fingerprint density at radius 2 is 2.14 bits per heavy atom. The largest absolute Gasteiger partial charge is 0.460 e. The van der Waals surface area contributed by atoms with E-state index in [-0.39, 0.29) is 29.9 Å². The molecule has 0 bridgehead atoms. The fourth-order valence-corrected chi connectivity index (χ4v) is 3.25. The second kappa shape index (κ2) is 7.38. The van der Waals surface area contributed by atoms with Crippen LogP contribution in [0.1, 0.15) is 50.6 Å². The van der Waals surface area contributed by atoms with Crippen molar-refractivity contribution in [3.63, 3.8) is 0 Å². The van der Waals surface area contributed by atoms with Crippen molar-refractivity contribution >= 4 is 34.6 Å². The van der Waals surface area contributed by atoms with Crippen molar-refractivity contribution < 1.29 is 19.1 Å². The van der Waals surface area contributed by atoms with Crippen LogP contribution in [-0.4, -0.2) is 50.5 Å². The van der Waals surface area contributed by atoms with Gasteiger partial charge in [0, 0.05) is 18.5 Å². The van der Waals surface area contributed by atoms with Gasteiger partial charge in [-0.15, -0.1) is 0 Å². The minimum absolute atomic E-state index is 0.0194. The number of nitrogens with zero attached hydrogens (tertiary/aromatic N) is 3. The Morgan fingerprint density at radius 1 is 1.31 bits per heavy atom. The molecule has 0 spiro atoms. The maximum absolute atomic E-state index is 12.7. The van der Waals surface area contributed by atoms with Gasteiger partial charge in [-0.05, 0) is 38.5 Å². The van der Waals surface area contributed by atoms with Gasteiger partial charge in [-0.2, -0.15) is 0 Å². The molecular formula is C19H20N6O4. The Hall–Kier alpha value is -3.69. The van der Waals surface area contributed by atoms with Gasteiger partial charge < -0.3 is 24.9 Å². The summed E-state index contributed by atoms with van der Waals surface area (Å²) in [6, 6.07) is 5.12. The zero-order valence-electron chi connectivity index (χ0n) is 16.0. The van der Waals surface area contributed by atoms with Gasteiger partial charge in [0.1, 0.15) is 17.0 Å². The smallest absolute Gasteiger partial charge is 0.374 e. The van der Waals surface area contributed by atoms with E-state index in [1.165, 1.54) is 0 Å². The molecule has 0 radical (unpaired) electrons. The molecule has 0 fully saturated rings. The minimum atomic E-state index is -0.593. The summed E-state index contributed by atoms with van der Waals surface area (Å²) < 4.78 is 6.73. The monoisotopic (exact) mass is 396 g/mol. The number of fused-ring (bicyclic) bond motifs is 3. The van der Waals surface area contributed by atoms with Gasteiger partial charge in [0.05, 0.1) is 12.3 Å². The van der Waals surface area contributed by atoms with E-state index in [0.29, 0.717) is 30.1 Å². The molecule has 150 valence electrons. The van der Waals surface area contributed by atoms with Gasteiger partial charge in [0.2, 0.25) is 5.82 Å². The predicted octanol–water partition coefficient (Wildman–Crippen LogP) is 1.63. The molecule has 1 aliphatic heterocycles. The third-order valence-electron chi connectivity index (χ3n) is 4.64. The van der Waals surface area contributed by atoms with Gasteiger partial charge in [-0.3, -0.25) is 9.59 Å². The van der Waals surface area contributed by atoms with E-state index in [1.54, 1.807) is 32.0 Å². The average Bonchev–Trinajstić information content (AvgIpc) is 3.19. The van der Waals surface area contributed by atoms with Crippen LogP contribution in [0.15, 0.2) is 18.2 Å². The second-order valence-electron chi connectivity index (χ2n) is 6.63. The van der Waals surface area contributed by atoms with E-state index in [9.17, 15) is 14.4 Å². The van der Waals surface area contributed by atoms with E-state index < -0.39 is 11.9 Å². The molecule has 4 heterocycles. The Bertz CT molecular complexity index is 1130. The lowest BCUT2D eigenvalue weighted by atomic mass is 10.2. The molecule has 0 unspecified atom stereocenters. The molecule has 0 saturated heterocycles. The van der Waals surface area contributed by atoms with E-state index in [1.807, 2.05) is 4.57 Å². The number of carbonyl (C=O) groups excluding carboxylic acids is 3. The molecule has 0 aliphatic carbocycles. The fraction of sp³-hybridized carbons (Fsp3) is 0.316. The number of hydrogen-bond donors (Lipinski definition) is 3. The predicted molar refractivity (Wildman–Crippen MR) is 104 cm³/mol. The number of imidazole rings is 1. The van der Waals surface area contributed by atoms with Crippen LogP contribution < -0.4 is 10.6 Å². The minimum Gasteiger partial charge on any atom is -0.460 e. The molecule has 0 atom stereocenters. The molecule has 1 aliphatic rings. The normalized spacial score (nSPS) is 13.5. The SMILES string of the molecule is CCOC(=O)c1nc(NC(=O)c2ccc3cc4n(c3n2)CCCNC4=O)c(C)[nH]1. The molecule has 3 aromatic heterocycles. The quantitative estimate of drug-likeness (QED) is 0.575. The van der Waals surface area contributed by atoms with E-state index in [0.717, 1.165) is 11.8 Å². The number of H-pyrrole nitrogens is 1. The molecule has 3 N–H and O–H groups in total. The van der Waals surface area contributed by atoms with Gasteiger partial charge in [-0.1, -0.05) is 0 Å². The number of esters is 1. The highest BCUT2D eigenvalue weighted by molar-refractivity contribution is 6.05. The lowest BCUT2D eigenvalue weighted by molar-refractivity contribution is 0.0513. The van der Waals surface area contributed by atoms with E-state index >= 15 is 0 Å². The van der Waals surface area contributed by atoms with Crippen molar-refractivity contribution in [3.8, 4) is 0 Å². The molecule has 3 aromatic rings. The molecule has 10 heteroatoms. The van der Waals surface area contributed by atoms with Crippen LogP contribution in [0.5, 0.6) is 0 Å². The molecule has 4 rings (SSSR count). The lowest BCUT2D eigenvalue weighted by Gasteiger charge is -2.06. The highest BCUT2D eigenvalue weighted by Crippen LogP contribution is 2.21. The Morgan fingerprint density at radius 3 is 2.93 bits per heavy atom. The molecule has 2 amide bonds. The zero-order valence-corrected chi connectivity index (χ0v) is 16.0. The third kappa shape index (κ3) is 3.44. The number of hydrogen-bond acceptors (Lipinski definition) is 6. The second-order valence-corrected chi connectivity index (χ2v) is 6.63. The van der Waals surface area contributed by atoms with Crippen LogP contribution in [0.4, 0.5) is 5.82 Å². The van der Waals surface area contributed by atoms with Gasteiger partial charge in [0.25, 0.3) is 11.8 Å². The summed E-state index contributed by atoms with van der Waals surface area (Å²) in [6.07, 6.45) is 0.781. The summed E-state index contributed by atoms with van der Waals surface area (Å²) >= 11 is 0. The third-order valence-corrected chi connectivity index (χ3v) is 4.64. The van der Waals surface area contributed by atoms with Crippen LogP contribution in [0.25, 0.3) is 11.0 Å². The standard InChI is InChI=1S/C19H20N6O4/c1-3-29-19(28)15-21-10(2)14(23-15)24-17(26)12-6-5-11-9-13-18(27)20-7-4-8-25(13)16(11)22-12/h5-6,9H,3-4,7-8H2,1-2H3,(H,20,27)(H,21,23)(H,24,26). The average molecular weight is 396 g/mol. The number of nitrogens with one attached hydrogen (secondary N) is 3. The first-order valence-electron chi connectivity index (χ1n) is 9.31. The van der Waals surface area contributed by atoms with Crippen molar-refractivity contribution in [1.29, 1.82) is 0 Å². The highest BCUT2D eigenvalue weighted by Gasteiger charge is 2.21. The summed E-state index contributed by atoms with van der Waals surface area (Å²) in [5.41, 5.74) is 1.82. The summed E-state index contributed by atoms with van der Waals surface area (Å²) in [6.45, 7) is 4.85. The van der Waals surface area contributed by atoms with Crippen LogP contribution in [0.2, 0.25) is 0 Å².